The van der Waals surface area contributed by atoms with Crippen molar-refractivity contribution in [2.24, 2.45) is 5.11 Å². The average Bonchev–Trinajstić information content (AvgIpc) is 2.84. The minimum absolute atomic E-state index is 0.261. The lowest BCUT2D eigenvalue weighted by molar-refractivity contribution is -0.182. The van der Waals surface area contributed by atoms with E-state index in [1.54, 1.807) is 0 Å². The number of nitrogens with zero attached hydrogens (tertiary/aromatic N) is 4. The molecule has 2 N–H and O–H groups in total. The lowest BCUT2D eigenvalue weighted by Gasteiger charge is -2.20. The molecule has 0 radical (unpaired) electrons. The van der Waals surface area contributed by atoms with Crippen molar-refractivity contribution in [3.05, 3.63) is 28.1 Å². The van der Waals surface area contributed by atoms with Crippen molar-refractivity contribution in [3.63, 3.8) is 0 Å². The van der Waals surface area contributed by atoms with Crippen LogP contribution in [0.5, 0.6) is 0 Å². The molecular formula is C11H8N4O8S. The molecule has 1 saturated heterocycles. The van der Waals surface area contributed by atoms with E-state index in [9.17, 15) is 27.4 Å². The fraction of sp³-hybridized carbons (Fsp3) is 0.182. The Bertz CT molecular complexity index is 887. The highest BCUT2D eigenvalue weighted by molar-refractivity contribution is 7.86. The molecular weight excluding hydrogens is 348 g/mol. The smallest absolute Gasteiger partial charge is 0.295 e. The third-order valence-corrected chi connectivity index (χ3v) is 4.02. The Hall–Kier alpha value is -2.99. The largest absolute Gasteiger partial charge is 0.374 e. The molecule has 13 heteroatoms. The van der Waals surface area contributed by atoms with Gasteiger partial charge in [-0.2, -0.15) is 13.7 Å². The minimum atomic E-state index is -5.14. The maximum atomic E-state index is 11.9. The number of carbonyl (C=O) groups is 3. The second kappa shape index (κ2) is 6.25. The predicted molar refractivity (Wildman–Crippen MR) is 74.8 cm³/mol. The molecule has 126 valence electrons. The fourth-order valence-corrected chi connectivity index (χ4v) is 3.02. The zero-order valence-corrected chi connectivity index (χ0v) is 12.4. The van der Waals surface area contributed by atoms with Crippen molar-refractivity contribution in [1.82, 2.24) is 0 Å². The summed E-state index contributed by atoms with van der Waals surface area (Å²) < 4.78 is 32.8. The molecule has 1 aromatic rings. The van der Waals surface area contributed by atoms with Crippen molar-refractivity contribution >= 4 is 39.3 Å². The second-order valence-electron chi connectivity index (χ2n) is 4.48. The van der Waals surface area contributed by atoms with Crippen LogP contribution in [0.25, 0.3) is 10.4 Å². The molecule has 24 heavy (non-hydrogen) atoms. The van der Waals surface area contributed by atoms with Gasteiger partial charge in [0.2, 0.25) is 11.8 Å². The molecule has 0 aromatic heterocycles. The van der Waals surface area contributed by atoms with Crippen molar-refractivity contribution in [2.45, 2.75) is 17.7 Å². The van der Waals surface area contributed by atoms with E-state index in [2.05, 4.69) is 14.9 Å². The number of azide groups is 1. The Morgan fingerprint density at radius 2 is 1.88 bits per heavy atom. The van der Waals surface area contributed by atoms with Gasteiger partial charge in [-0.3, -0.25) is 19.0 Å². The Kier molecular flexibility index (Phi) is 4.52. The van der Waals surface area contributed by atoms with Crippen molar-refractivity contribution in [3.8, 4) is 0 Å². The maximum absolute atomic E-state index is 11.9. The molecule has 2 amide bonds. The summed E-state index contributed by atoms with van der Waals surface area (Å²) in [6.07, 6.45) is -0.522. The molecule has 1 aliphatic rings. The highest BCUT2D eigenvalue weighted by atomic mass is 32.2. The summed E-state index contributed by atoms with van der Waals surface area (Å²) in [6.45, 7) is 0. The van der Waals surface area contributed by atoms with Gasteiger partial charge >= 0.3 is 5.97 Å². The molecule has 0 atom stereocenters. The molecule has 2 rings (SSSR count). The van der Waals surface area contributed by atoms with E-state index < -0.39 is 49.7 Å². The van der Waals surface area contributed by atoms with E-state index in [0.29, 0.717) is 4.90 Å². The normalized spacial score (nSPS) is 14.5. The third kappa shape index (κ3) is 2.91. The predicted octanol–water partition coefficient (Wildman–Crippen LogP) is 1.16. The van der Waals surface area contributed by atoms with Crippen molar-refractivity contribution in [1.29, 1.82) is 0 Å². The molecule has 0 unspecified atom stereocenters. The molecule has 0 bridgehead atoms. The van der Waals surface area contributed by atoms with Crippen LogP contribution in [0.1, 0.15) is 23.2 Å². The van der Waals surface area contributed by atoms with Crippen LogP contribution in [0.3, 0.4) is 0 Å². The monoisotopic (exact) mass is 356 g/mol. The standard InChI is InChI=1S/C11H8N4O8S/c12-14-13-6-2-1-5(11(18)23-19)9(10(6)24(20,21)22)15-7(16)3-4-8(15)17/h1-2,19H,3-4H2,(H,20,21,22). The summed E-state index contributed by atoms with van der Waals surface area (Å²) in [5.41, 5.74) is 6.29. The van der Waals surface area contributed by atoms with Gasteiger partial charge in [0.1, 0.15) is 4.90 Å². The Morgan fingerprint density at radius 3 is 2.33 bits per heavy atom. The lowest BCUT2D eigenvalue weighted by atomic mass is 10.1. The van der Waals surface area contributed by atoms with Gasteiger partial charge in [-0.05, 0) is 11.6 Å². The van der Waals surface area contributed by atoms with Crippen LogP contribution < -0.4 is 4.90 Å². The Balaban J connectivity index is 2.97. The first-order valence-electron chi connectivity index (χ1n) is 6.13. The molecule has 0 saturated carbocycles. The van der Waals surface area contributed by atoms with Gasteiger partial charge in [0.25, 0.3) is 10.1 Å². The van der Waals surface area contributed by atoms with Crippen molar-refractivity contribution < 1.29 is 37.5 Å². The van der Waals surface area contributed by atoms with Crippen LogP contribution in [0.15, 0.2) is 22.1 Å². The molecule has 1 fully saturated rings. The number of hydrogen-bond acceptors (Lipinski definition) is 8. The van der Waals surface area contributed by atoms with E-state index in [1.165, 1.54) is 0 Å². The van der Waals surface area contributed by atoms with Gasteiger partial charge in [-0.15, -0.1) is 0 Å². The number of carbonyl (C=O) groups excluding carboxylic acids is 3. The summed E-state index contributed by atoms with van der Waals surface area (Å²) >= 11 is 0. The summed E-state index contributed by atoms with van der Waals surface area (Å²) in [4.78, 5) is 40.6. The van der Waals surface area contributed by atoms with Gasteiger partial charge < -0.3 is 0 Å². The zero-order chi connectivity index (χ0) is 18.1. The minimum Gasteiger partial charge on any atom is -0.295 e. The van der Waals surface area contributed by atoms with Crippen LogP contribution in [0.2, 0.25) is 0 Å². The molecule has 1 aliphatic heterocycles. The second-order valence-corrected chi connectivity index (χ2v) is 5.83. The lowest BCUT2D eigenvalue weighted by Crippen LogP contribution is -2.32. The van der Waals surface area contributed by atoms with Crippen LogP contribution >= 0.6 is 0 Å². The first kappa shape index (κ1) is 17.4. The highest BCUT2D eigenvalue weighted by Gasteiger charge is 2.38. The van der Waals surface area contributed by atoms with Gasteiger partial charge in [-0.1, -0.05) is 11.2 Å². The Morgan fingerprint density at radius 1 is 1.29 bits per heavy atom. The third-order valence-electron chi connectivity index (χ3n) is 3.10. The van der Waals surface area contributed by atoms with Gasteiger partial charge in [0.05, 0.1) is 16.9 Å². The fourth-order valence-electron chi connectivity index (χ4n) is 2.20. The summed E-state index contributed by atoms with van der Waals surface area (Å²) in [6, 6.07) is 1.70. The molecule has 0 aliphatic carbocycles. The van der Waals surface area contributed by atoms with E-state index in [-0.39, 0.29) is 12.8 Å². The number of hydrogen-bond donors (Lipinski definition) is 2. The van der Waals surface area contributed by atoms with Crippen molar-refractivity contribution in [2.75, 3.05) is 4.90 Å². The SMILES string of the molecule is [N-]=[N+]=Nc1ccc(C(=O)OO)c(N2C(=O)CCC2=O)c1S(=O)(=O)O. The molecule has 1 aromatic carbocycles. The van der Waals surface area contributed by atoms with Crippen LogP contribution in [0.4, 0.5) is 11.4 Å². The van der Waals surface area contributed by atoms with Crippen LogP contribution in [-0.4, -0.2) is 36.0 Å². The number of amides is 2. The Labute approximate surface area is 133 Å². The quantitative estimate of drug-likeness (QED) is 0.153. The van der Waals surface area contributed by atoms with E-state index in [4.69, 9.17) is 10.8 Å². The number of anilines is 1. The van der Waals surface area contributed by atoms with Crippen LogP contribution in [-0.2, 0) is 24.6 Å². The van der Waals surface area contributed by atoms with Crippen LogP contribution in [0, 0.1) is 0 Å². The number of rotatable bonds is 4. The number of benzene rings is 1. The van der Waals surface area contributed by atoms with E-state index in [0.717, 1.165) is 12.1 Å². The molecule has 12 nitrogen and oxygen atoms in total. The average molecular weight is 356 g/mol. The summed E-state index contributed by atoms with van der Waals surface area (Å²) in [5, 5.41) is 11.6. The topological polar surface area (TPSA) is 187 Å². The van der Waals surface area contributed by atoms with Gasteiger partial charge in [-0.25, -0.2) is 9.69 Å². The molecule has 0 spiro atoms. The van der Waals surface area contributed by atoms with E-state index >= 15 is 0 Å². The van der Waals surface area contributed by atoms with E-state index in [1.807, 2.05) is 0 Å². The maximum Gasteiger partial charge on any atom is 0.374 e. The van der Waals surface area contributed by atoms with Gasteiger partial charge in [0.15, 0.2) is 0 Å². The first-order valence-corrected chi connectivity index (χ1v) is 7.57. The number of imide groups is 1. The summed E-state index contributed by atoms with van der Waals surface area (Å²) in [5.74, 6) is -3.19. The zero-order valence-electron chi connectivity index (χ0n) is 11.6. The van der Waals surface area contributed by atoms with Gasteiger partial charge in [0, 0.05) is 17.8 Å². The first-order chi connectivity index (χ1) is 11.2. The highest BCUT2D eigenvalue weighted by Crippen LogP contribution is 2.39. The summed E-state index contributed by atoms with van der Waals surface area (Å²) in [7, 11) is -5.14. The molecule has 1 heterocycles.